The Labute approximate surface area is 157 Å². The second-order valence-electron chi connectivity index (χ2n) is 5.35. The van der Waals surface area contributed by atoms with Gasteiger partial charge in [0.25, 0.3) is 0 Å². The van der Waals surface area contributed by atoms with Crippen molar-refractivity contribution in [3.63, 3.8) is 0 Å². The number of nitrogens with one attached hydrogen (secondary N) is 1. The van der Waals surface area contributed by atoms with Crippen LogP contribution in [-0.4, -0.2) is 10.2 Å². The van der Waals surface area contributed by atoms with E-state index in [1.54, 1.807) is 29.5 Å². The Morgan fingerprint density at radius 2 is 1.96 bits per heavy atom. The van der Waals surface area contributed by atoms with Crippen LogP contribution in [0.2, 0.25) is 10.0 Å². The van der Waals surface area contributed by atoms with Gasteiger partial charge in [0.1, 0.15) is 11.6 Å². The van der Waals surface area contributed by atoms with Crippen molar-refractivity contribution in [1.82, 2.24) is 10.2 Å². The van der Waals surface area contributed by atoms with Gasteiger partial charge >= 0.3 is 0 Å². The van der Waals surface area contributed by atoms with Crippen LogP contribution in [0.15, 0.2) is 47.2 Å². The zero-order chi connectivity index (χ0) is 17.6. The van der Waals surface area contributed by atoms with Gasteiger partial charge < -0.3 is 10.5 Å². The number of halogens is 2. The molecule has 1 aromatic carbocycles. The number of nitriles is 1. The van der Waals surface area contributed by atoms with Crippen LogP contribution in [-0.2, 0) is 0 Å². The fourth-order valence-corrected chi connectivity index (χ4v) is 4.28. The van der Waals surface area contributed by atoms with E-state index in [-0.39, 0.29) is 11.5 Å². The van der Waals surface area contributed by atoms with E-state index in [1.807, 2.05) is 17.5 Å². The van der Waals surface area contributed by atoms with Crippen LogP contribution in [0.25, 0.3) is 10.6 Å². The van der Waals surface area contributed by atoms with Crippen molar-refractivity contribution < 1.29 is 4.74 Å². The molecule has 124 valence electrons. The van der Waals surface area contributed by atoms with Crippen molar-refractivity contribution in [1.29, 1.82) is 5.26 Å². The number of hydrogen-bond donors (Lipinski definition) is 2. The smallest absolute Gasteiger partial charge is 0.244 e. The number of thiophene rings is 1. The second kappa shape index (κ2) is 6.12. The highest BCUT2D eigenvalue weighted by Gasteiger charge is 2.37. The van der Waals surface area contributed by atoms with Crippen molar-refractivity contribution in [2.24, 2.45) is 5.73 Å². The number of hydrogen-bond acceptors (Lipinski definition) is 5. The Hall–Kier alpha value is -2.46. The third kappa shape index (κ3) is 2.48. The van der Waals surface area contributed by atoms with Gasteiger partial charge in [-0.15, -0.1) is 16.4 Å². The Kier molecular flexibility index (Phi) is 3.92. The highest BCUT2D eigenvalue weighted by atomic mass is 35.5. The molecular weight excluding hydrogens is 379 g/mol. The lowest BCUT2D eigenvalue weighted by Crippen LogP contribution is -2.21. The van der Waals surface area contributed by atoms with Gasteiger partial charge in [0.15, 0.2) is 0 Å². The van der Waals surface area contributed by atoms with Gasteiger partial charge in [0.2, 0.25) is 11.8 Å². The number of fused-ring (bicyclic) bond motifs is 1. The maximum atomic E-state index is 9.68. The summed E-state index contributed by atoms with van der Waals surface area (Å²) in [5, 5.41) is 19.7. The number of benzene rings is 1. The molecule has 3 N–H and O–H groups in total. The number of aromatic amines is 1. The maximum absolute atomic E-state index is 9.68. The van der Waals surface area contributed by atoms with Gasteiger partial charge in [-0.25, -0.2) is 0 Å². The molecule has 4 rings (SSSR count). The normalized spacial score (nSPS) is 16.3. The molecule has 8 heteroatoms. The summed E-state index contributed by atoms with van der Waals surface area (Å²) in [6.07, 6.45) is 0. The summed E-state index contributed by atoms with van der Waals surface area (Å²) in [5.74, 6) is -0.244. The summed E-state index contributed by atoms with van der Waals surface area (Å²) in [6.45, 7) is 0. The zero-order valence-electron chi connectivity index (χ0n) is 12.6. The van der Waals surface area contributed by atoms with Gasteiger partial charge in [0, 0.05) is 15.6 Å². The molecule has 1 aliphatic heterocycles. The molecule has 0 radical (unpaired) electrons. The molecule has 0 spiro atoms. The molecule has 2 aromatic heterocycles. The van der Waals surface area contributed by atoms with Crippen LogP contribution in [0.1, 0.15) is 17.0 Å². The molecule has 0 saturated heterocycles. The van der Waals surface area contributed by atoms with Crippen LogP contribution < -0.4 is 10.5 Å². The van der Waals surface area contributed by atoms with E-state index < -0.39 is 5.92 Å². The highest BCUT2D eigenvalue weighted by Crippen LogP contribution is 2.49. The summed E-state index contributed by atoms with van der Waals surface area (Å²) in [5.41, 5.74) is 8.27. The van der Waals surface area contributed by atoms with Crippen molar-refractivity contribution in [3.8, 4) is 22.5 Å². The average Bonchev–Trinajstić information content (AvgIpc) is 3.23. The summed E-state index contributed by atoms with van der Waals surface area (Å²) in [7, 11) is 0. The van der Waals surface area contributed by atoms with Crippen LogP contribution in [0.4, 0.5) is 0 Å². The molecule has 0 bridgehead atoms. The van der Waals surface area contributed by atoms with E-state index in [0.29, 0.717) is 27.1 Å². The van der Waals surface area contributed by atoms with E-state index in [4.69, 9.17) is 33.7 Å². The molecule has 0 fully saturated rings. The molecule has 1 atom stereocenters. The lowest BCUT2D eigenvalue weighted by atomic mass is 9.83. The SMILES string of the molecule is N#CC1=C(N)Oc2n[nH]c(-c3cccs3)c2C1c1c(Cl)cccc1Cl. The van der Waals surface area contributed by atoms with Crippen molar-refractivity contribution in [3.05, 3.63) is 68.3 Å². The standard InChI is InChI=1S/C17H10Cl2N4OS/c18-9-3-1-4-10(19)13(9)12-8(7-20)16(21)24-17-14(12)15(22-23-17)11-5-2-6-25-11/h1-6,12H,21H2,(H,22,23). The Balaban J connectivity index is 2.03. The fourth-order valence-electron chi connectivity index (χ4n) is 2.93. The summed E-state index contributed by atoms with van der Waals surface area (Å²) in [4.78, 5) is 0.961. The predicted octanol–water partition coefficient (Wildman–Crippen LogP) is 4.66. The highest BCUT2D eigenvalue weighted by molar-refractivity contribution is 7.13. The summed E-state index contributed by atoms with van der Waals surface area (Å²) < 4.78 is 5.56. The van der Waals surface area contributed by atoms with E-state index in [1.165, 1.54) is 0 Å². The number of rotatable bonds is 2. The Morgan fingerprint density at radius 3 is 2.60 bits per heavy atom. The van der Waals surface area contributed by atoms with Gasteiger partial charge in [0.05, 0.1) is 22.1 Å². The largest absolute Gasteiger partial charge is 0.420 e. The topological polar surface area (TPSA) is 87.7 Å². The van der Waals surface area contributed by atoms with Crippen LogP contribution in [0, 0.1) is 11.3 Å². The van der Waals surface area contributed by atoms with Gasteiger partial charge in [-0.1, -0.05) is 35.3 Å². The van der Waals surface area contributed by atoms with E-state index in [0.717, 1.165) is 10.6 Å². The lowest BCUT2D eigenvalue weighted by Gasteiger charge is -2.25. The van der Waals surface area contributed by atoms with E-state index in [2.05, 4.69) is 16.3 Å². The van der Waals surface area contributed by atoms with Crippen LogP contribution in [0.5, 0.6) is 5.88 Å². The van der Waals surface area contributed by atoms with Crippen molar-refractivity contribution >= 4 is 34.5 Å². The minimum atomic E-state index is -0.564. The summed E-state index contributed by atoms with van der Waals surface area (Å²) in [6, 6.07) is 11.2. The lowest BCUT2D eigenvalue weighted by molar-refractivity contribution is 0.379. The minimum Gasteiger partial charge on any atom is -0.420 e. The van der Waals surface area contributed by atoms with Gasteiger partial charge in [-0.3, -0.25) is 5.10 Å². The quantitative estimate of drug-likeness (QED) is 0.667. The molecule has 1 unspecified atom stereocenters. The molecule has 3 aromatic rings. The monoisotopic (exact) mass is 388 g/mol. The van der Waals surface area contributed by atoms with Crippen molar-refractivity contribution in [2.75, 3.05) is 0 Å². The molecule has 0 saturated carbocycles. The Morgan fingerprint density at radius 1 is 1.20 bits per heavy atom. The minimum absolute atomic E-state index is 0.000200. The first kappa shape index (κ1) is 16.0. The first-order chi connectivity index (χ1) is 12.1. The number of ether oxygens (including phenoxy) is 1. The van der Waals surface area contributed by atoms with E-state index >= 15 is 0 Å². The number of nitrogens with two attached hydrogens (primary N) is 1. The van der Waals surface area contributed by atoms with Crippen LogP contribution in [0.3, 0.4) is 0 Å². The second-order valence-corrected chi connectivity index (χ2v) is 7.12. The number of aromatic nitrogens is 2. The molecular formula is C17H10Cl2N4OS. The van der Waals surface area contributed by atoms with E-state index in [9.17, 15) is 5.26 Å². The van der Waals surface area contributed by atoms with Gasteiger partial charge in [-0.05, 0) is 23.6 Å². The predicted molar refractivity (Wildman–Crippen MR) is 97.7 cm³/mol. The van der Waals surface area contributed by atoms with Crippen molar-refractivity contribution in [2.45, 2.75) is 5.92 Å². The molecule has 0 amide bonds. The molecule has 1 aliphatic rings. The van der Waals surface area contributed by atoms with Crippen LogP contribution >= 0.6 is 34.5 Å². The maximum Gasteiger partial charge on any atom is 0.244 e. The molecule has 3 heterocycles. The summed E-state index contributed by atoms with van der Waals surface area (Å²) >= 11 is 14.4. The average molecular weight is 389 g/mol. The first-order valence-corrected chi connectivity index (χ1v) is 8.89. The molecule has 5 nitrogen and oxygen atoms in total. The number of allylic oxidation sites excluding steroid dienone is 1. The van der Waals surface area contributed by atoms with Gasteiger partial charge in [-0.2, -0.15) is 5.26 Å². The first-order valence-electron chi connectivity index (χ1n) is 7.25. The number of H-pyrrole nitrogens is 1. The third-order valence-electron chi connectivity index (χ3n) is 3.99. The third-order valence-corrected chi connectivity index (χ3v) is 5.54. The Bertz CT molecular complexity index is 1010. The molecule has 0 aliphatic carbocycles. The molecule has 25 heavy (non-hydrogen) atoms. The zero-order valence-corrected chi connectivity index (χ0v) is 14.9. The number of nitrogens with zero attached hydrogens (tertiary/aromatic N) is 2. The fraction of sp³-hybridized carbons (Fsp3) is 0.0588.